The quantitative estimate of drug-likeness (QED) is 0.898. The van der Waals surface area contributed by atoms with Crippen LogP contribution in [-0.2, 0) is 6.54 Å². The van der Waals surface area contributed by atoms with Gasteiger partial charge >= 0.3 is 0 Å². The Bertz CT molecular complexity index is 318. The molecule has 0 saturated heterocycles. The van der Waals surface area contributed by atoms with E-state index in [0.29, 0.717) is 5.41 Å². The lowest BCUT2D eigenvalue weighted by Gasteiger charge is -2.33. The summed E-state index contributed by atoms with van der Waals surface area (Å²) in [4.78, 5) is 4.12. The summed E-state index contributed by atoms with van der Waals surface area (Å²) in [5, 5.41) is 3.59. The van der Waals surface area contributed by atoms with Gasteiger partial charge in [-0.1, -0.05) is 26.8 Å². The molecule has 0 fully saturated rings. The summed E-state index contributed by atoms with van der Waals surface area (Å²) in [6, 6.07) is 4.08. The van der Waals surface area contributed by atoms with Crippen LogP contribution in [0.3, 0.4) is 0 Å². The molecule has 1 N–H and O–H groups in total. The lowest BCUT2D eigenvalue weighted by atomic mass is 9.82. The molecule has 4 heteroatoms. The Balaban J connectivity index is 0. The van der Waals surface area contributed by atoms with Gasteiger partial charge in [-0.05, 0) is 37.3 Å². The minimum Gasteiger partial charge on any atom is -0.308 e. The van der Waals surface area contributed by atoms with Crippen molar-refractivity contribution in [2.75, 3.05) is 0 Å². The highest BCUT2D eigenvalue weighted by atomic mass is 35.5. The van der Waals surface area contributed by atoms with Crippen LogP contribution in [-0.4, -0.2) is 10.5 Å². The number of aromatic nitrogens is 1. The van der Waals surface area contributed by atoms with Gasteiger partial charge in [-0.2, -0.15) is 0 Å². The summed E-state index contributed by atoms with van der Waals surface area (Å²) in [7, 11) is 0. The lowest BCUT2D eigenvalue weighted by Crippen LogP contribution is -2.41. The molecule has 1 heterocycles. The first-order valence-corrected chi connectivity index (χ1v) is 5.92. The predicted octanol–water partition coefficient (Wildman–Crippen LogP) is 4.23. The summed E-state index contributed by atoms with van der Waals surface area (Å²) in [5.41, 5.74) is 1.75. The normalized spacial score (nSPS) is 11.4. The number of halogens is 2. The standard InChI is InChI=1S/C14H24N2.2ClH/c1-13(2,3)11-14(4,5)16-10-12-7-6-8-15-9-12;;/h6-9,16H,10-11H2,1-5H3;2*1H. The number of nitrogens with one attached hydrogen (secondary N) is 1. The Kier molecular flexibility index (Phi) is 8.87. The van der Waals surface area contributed by atoms with Crippen LogP contribution in [0.15, 0.2) is 24.5 Å². The molecular weight excluding hydrogens is 267 g/mol. The average Bonchev–Trinajstić information content (AvgIpc) is 2.13. The van der Waals surface area contributed by atoms with Crippen molar-refractivity contribution in [3.05, 3.63) is 30.1 Å². The number of pyridine rings is 1. The fourth-order valence-corrected chi connectivity index (χ4v) is 2.23. The maximum atomic E-state index is 4.12. The lowest BCUT2D eigenvalue weighted by molar-refractivity contribution is 0.240. The van der Waals surface area contributed by atoms with Crippen molar-refractivity contribution in [3.63, 3.8) is 0 Å². The Morgan fingerprint density at radius 3 is 2.17 bits per heavy atom. The molecule has 0 aromatic carbocycles. The van der Waals surface area contributed by atoms with Crippen LogP contribution in [0, 0.1) is 5.41 Å². The Hall–Kier alpha value is -0.310. The van der Waals surface area contributed by atoms with E-state index in [2.05, 4.69) is 51.0 Å². The van der Waals surface area contributed by atoms with Crippen molar-refractivity contribution >= 4 is 24.8 Å². The fraction of sp³-hybridized carbons (Fsp3) is 0.643. The second kappa shape index (κ2) is 7.98. The van der Waals surface area contributed by atoms with Crippen LogP contribution in [0.25, 0.3) is 0 Å². The van der Waals surface area contributed by atoms with Crippen LogP contribution in [0.1, 0.15) is 46.6 Å². The molecule has 1 aromatic rings. The van der Waals surface area contributed by atoms with E-state index in [1.165, 1.54) is 5.56 Å². The molecule has 0 spiro atoms. The molecule has 106 valence electrons. The third kappa shape index (κ3) is 8.73. The number of hydrogen-bond acceptors (Lipinski definition) is 2. The van der Waals surface area contributed by atoms with Gasteiger partial charge in [-0.3, -0.25) is 4.98 Å². The zero-order chi connectivity index (χ0) is 12.2. The van der Waals surface area contributed by atoms with Crippen molar-refractivity contribution in [2.45, 2.75) is 53.1 Å². The maximum absolute atomic E-state index is 4.12. The number of nitrogens with zero attached hydrogens (tertiary/aromatic N) is 1. The van der Waals surface area contributed by atoms with Crippen molar-refractivity contribution < 1.29 is 0 Å². The molecule has 0 atom stereocenters. The van der Waals surface area contributed by atoms with Gasteiger partial charge in [0.05, 0.1) is 0 Å². The highest BCUT2D eigenvalue weighted by Crippen LogP contribution is 2.26. The van der Waals surface area contributed by atoms with Gasteiger partial charge in [0.25, 0.3) is 0 Å². The first-order chi connectivity index (χ1) is 7.29. The molecule has 0 radical (unpaired) electrons. The zero-order valence-corrected chi connectivity index (χ0v) is 13.6. The third-order valence-electron chi connectivity index (χ3n) is 2.47. The molecule has 0 aliphatic rings. The van der Waals surface area contributed by atoms with Gasteiger partial charge in [-0.25, -0.2) is 0 Å². The fourth-order valence-electron chi connectivity index (χ4n) is 2.23. The molecule has 2 nitrogen and oxygen atoms in total. The van der Waals surface area contributed by atoms with E-state index in [9.17, 15) is 0 Å². The molecule has 0 saturated carbocycles. The van der Waals surface area contributed by atoms with Crippen molar-refractivity contribution in [1.82, 2.24) is 10.3 Å². The van der Waals surface area contributed by atoms with Gasteiger partial charge in [-0.15, -0.1) is 24.8 Å². The molecule has 0 unspecified atom stereocenters. The average molecular weight is 293 g/mol. The van der Waals surface area contributed by atoms with Crippen LogP contribution >= 0.6 is 24.8 Å². The van der Waals surface area contributed by atoms with Crippen molar-refractivity contribution in [1.29, 1.82) is 0 Å². The van der Waals surface area contributed by atoms with Crippen LogP contribution in [0.2, 0.25) is 0 Å². The van der Waals surface area contributed by atoms with Gasteiger partial charge in [0, 0.05) is 24.5 Å². The van der Waals surface area contributed by atoms with Crippen LogP contribution < -0.4 is 5.32 Å². The third-order valence-corrected chi connectivity index (χ3v) is 2.47. The van der Waals surface area contributed by atoms with E-state index in [-0.39, 0.29) is 30.4 Å². The van der Waals surface area contributed by atoms with E-state index in [4.69, 9.17) is 0 Å². The SMILES string of the molecule is CC(C)(C)CC(C)(C)NCc1cccnc1.Cl.Cl. The molecule has 1 rings (SSSR count). The van der Waals surface area contributed by atoms with Gasteiger partial charge in [0.15, 0.2) is 0 Å². The van der Waals surface area contributed by atoms with E-state index in [0.717, 1.165) is 13.0 Å². The van der Waals surface area contributed by atoms with Gasteiger partial charge < -0.3 is 5.32 Å². The van der Waals surface area contributed by atoms with Gasteiger partial charge in [0.1, 0.15) is 0 Å². The second-order valence-corrected chi connectivity index (χ2v) is 6.34. The number of rotatable bonds is 4. The summed E-state index contributed by atoms with van der Waals surface area (Å²) >= 11 is 0. The summed E-state index contributed by atoms with van der Waals surface area (Å²) < 4.78 is 0. The minimum atomic E-state index is 0. The van der Waals surface area contributed by atoms with Crippen molar-refractivity contribution in [2.24, 2.45) is 5.41 Å². The molecule has 0 aliphatic carbocycles. The summed E-state index contributed by atoms with van der Waals surface area (Å²) in [6.07, 6.45) is 4.88. The smallest absolute Gasteiger partial charge is 0.0312 e. The highest BCUT2D eigenvalue weighted by molar-refractivity contribution is 5.85. The summed E-state index contributed by atoms with van der Waals surface area (Å²) in [5.74, 6) is 0. The second-order valence-electron chi connectivity index (χ2n) is 6.34. The Labute approximate surface area is 124 Å². The molecule has 0 amide bonds. The molecule has 0 bridgehead atoms. The van der Waals surface area contributed by atoms with E-state index in [1.54, 1.807) is 0 Å². The minimum absolute atomic E-state index is 0. The molecule has 18 heavy (non-hydrogen) atoms. The van der Waals surface area contributed by atoms with Crippen LogP contribution in [0.4, 0.5) is 0 Å². The molecule has 1 aromatic heterocycles. The molecule has 0 aliphatic heterocycles. The number of hydrogen-bond donors (Lipinski definition) is 1. The van der Waals surface area contributed by atoms with E-state index < -0.39 is 0 Å². The van der Waals surface area contributed by atoms with E-state index in [1.807, 2.05) is 18.5 Å². The maximum Gasteiger partial charge on any atom is 0.0312 e. The first kappa shape index (κ1) is 20.0. The first-order valence-electron chi connectivity index (χ1n) is 5.92. The zero-order valence-electron chi connectivity index (χ0n) is 12.0. The Morgan fingerprint density at radius 2 is 1.72 bits per heavy atom. The highest BCUT2D eigenvalue weighted by Gasteiger charge is 2.24. The largest absolute Gasteiger partial charge is 0.308 e. The molecular formula is C14H26Cl2N2. The predicted molar refractivity (Wildman–Crippen MR) is 83.7 cm³/mol. The summed E-state index contributed by atoms with van der Waals surface area (Å²) in [6.45, 7) is 12.2. The monoisotopic (exact) mass is 292 g/mol. The van der Waals surface area contributed by atoms with E-state index >= 15 is 0 Å². The van der Waals surface area contributed by atoms with Crippen molar-refractivity contribution in [3.8, 4) is 0 Å². The van der Waals surface area contributed by atoms with Gasteiger partial charge in [0.2, 0.25) is 0 Å². The Morgan fingerprint density at radius 1 is 1.11 bits per heavy atom. The van der Waals surface area contributed by atoms with Crippen LogP contribution in [0.5, 0.6) is 0 Å². The topological polar surface area (TPSA) is 24.9 Å².